The smallest absolute Gasteiger partial charge is 0.255 e. The van der Waals surface area contributed by atoms with Crippen molar-refractivity contribution in [1.82, 2.24) is 15.1 Å². The standard InChI is InChI=1S/C23H33F2N5O3S/c1-4-30-21(12-16(14-26)22(31)28-15-20(24)25)34-19(23(30)32)8-9-27-17-6-5-7-18(13-17)33-11-10-29(2)3/h5-7,13,16,19-21,27H,4,8-12,15H2,1-3H3,(H,28,31). The van der Waals surface area contributed by atoms with Crippen LogP contribution < -0.4 is 15.4 Å². The van der Waals surface area contributed by atoms with Crippen LogP contribution in [-0.2, 0) is 9.59 Å². The maximum absolute atomic E-state index is 12.8. The van der Waals surface area contributed by atoms with Crippen molar-refractivity contribution < 1.29 is 23.1 Å². The van der Waals surface area contributed by atoms with Crippen LogP contribution in [0.25, 0.3) is 0 Å². The summed E-state index contributed by atoms with van der Waals surface area (Å²) in [5, 5.41) is 14.1. The minimum absolute atomic E-state index is 0.0373. The van der Waals surface area contributed by atoms with Gasteiger partial charge in [-0.15, -0.1) is 11.8 Å². The number of nitrogens with zero attached hydrogens (tertiary/aromatic N) is 3. The lowest BCUT2D eigenvalue weighted by Crippen LogP contribution is -2.39. The van der Waals surface area contributed by atoms with Crippen molar-refractivity contribution in [3.63, 3.8) is 0 Å². The molecule has 0 spiro atoms. The van der Waals surface area contributed by atoms with Crippen LogP contribution in [0.2, 0.25) is 0 Å². The van der Waals surface area contributed by atoms with Crippen LogP contribution >= 0.6 is 11.8 Å². The fourth-order valence-electron chi connectivity index (χ4n) is 3.49. The second-order valence-corrected chi connectivity index (χ2v) is 9.54. The fraction of sp³-hybridized carbons (Fsp3) is 0.609. The number of hydrogen-bond donors (Lipinski definition) is 2. The molecule has 1 heterocycles. The van der Waals surface area contributed by atoms with E-state index in [0.717, 1.165) is 18.0 Å². The summed E-state index contributed by atoms with van der Waals surface area (Å²) < 4.78 is 30.5. The summed E-state index contributed by atoms with van der Waals surface area (Å²) in [6, 6.07) is 9.52. The molecule has 0 aromatic heterocycles. The molecular formula is C23H33F2N5O3S. The lowest BCUT2D eigenvalue weighted by Gasteiger charge is -2.23. The van der Waals surface area contributed by atoms with Crippen LogP contribution in [0.15, 0.2) is 24.3 Å². The molecule has 1 aromatic carbocycles. The molecule has 34 heavy (non-hydrogen) atoms. The molecule has 1 aliphatic heterocycles. The first kappa shape index (κ1) is 27.7. The van der Waals surface area contributed by atoms with Gasteiger partial charge in [0.25, 0.3) is 6.43 Å². The number of halogens is 2. The minimum Gasteiger partial charge on any atom is -0.492 e. The molecule has 2 rings (SSSR count). The summed E-state index contributed by atoms with van der Waals surface area (Å²) in [4.78, 5) is 28.6. The van der Waals surface area contributed by atoms with Gasteiger partial charge in [-0.3, -0.25) is 9.59 Å². The summed E-state index contributed by atoms with van der Waals surface area (Å²) in [7, 11) is 3.97. The van der Waals surface area contributed by atoms with Crippen molar-refractivity contribution in [2.45, 2.75) is 36.8 Å². The van der Waals surface area contributed by atoms with Crippen molar-refractivity contribution in [3.05, 3.63) is 24.3 Å². The first-order valence-corrected chi connectivity index (χ1v) is 12.2. The Morgan fingerprint density at radius 2 is 2.15 bits per heavy atom. The average Bonchev–Trinajstić information content (AvgIpc) is 3.09. The van der Waals surface area contributed by atoms with Gasteiger partial charge < -0.3 is 25.2 Å². The third kappa shape index (κ3) is 8.65. The molecule has 2 amide bonds. The van der Waals surface area contributed by atoms with Gasteiger partial charge in [0.15, 0.2) is 0 Å². The summed E-state index contributed by atoms with van der Waals surface area (Å²) in [5.74, 6) is -1.09. The topological polar surface area (TPSA) is 97.7 Å². The molecule has 1 aromatic rings. The predicted molar refractivity (Wildman–Crippen MR) is 129 cm³/mol. The molecule has 188 valence electrons. The van der Waals surface area contributed by atoms with E-state index in [0.29, 0.717) is 26.1 Å². The zero-order valence-corrected chi connectivity index (χ0v) is 20.6. The van der Waals surface area contributed by atoms with E-state index in [1.807, 2.05) is 56.3 Å². The van der Waals surface area contributed by atoms with Crippen LogP contribution in [0, 0.1) is 17.2 Å². The van der Waals surface area contributed by atoms with Crippen molar-refractivity contribution in [2.75, 3.05) is 52.2 Å². The molecular weight excluding hydrogens is 464 g/mol. The number of thioether (sulfide) groups is 1. The lowest BCUT2D eigenvalue weighted by molar-refractivity contribution is -0.131. The number of likely N-dealkylation sites (N-methyl/N-ethyl adjacent to an activating group) is 1. The Kier molecular flexibility index (Phi) is 11.4. The number of nitriles is 1. The molecule has 8 nitrogen and oxygen atoms in total. The molecule has 2 N–H and O–H groups in total. The molecule has 3 atom stereocenters. The largest absolute Gasteiger partial charge is 0.492 e. The average molecular weight is 498 g/mol. The van der Waals surface area contributed by atoms with E-state index in [2.05, 4.69) is 10.6 Å². The fourth-order valence-corrected chi connectivity index (χ4v) is 5.08. The second-order valence-electron chi connectivity index (χ2n) is 8.15. The maximum atomic E-state index is 12.8. The van der Waals surface area contributed by atoms with Gasteiger partial charge in [0.05, 0.1) is 23.2 Å². The number of carbonyl (C=O) groups excluding carboxylic acids is 2. The summed E-state index contributed by atoms with van der Waals surface area (Å²) in [5.41, 5.74) is 0.891. The van der Waals surface area contributed by atoms with Gasteiger partial charge in [0, 0.05) is 37.8 Å². The first-order valence-electron chi connectivity index (χ1n) is 11.3. The number of anilines is 1. The van der Waals surface area contributed by atoms with Crippen LogP contribution in [0.5, 0.6) is 5.75 Å². The van der Waals surface area contributed by atoms with E-state index >= 15 is 0 Å². The summed E-state index contributed by atoms with van der Waals surface area (Å²) in [6.07, 6.45) is -2.01. The van der Waals surface area contributed by atoms with Gasteiger partial charge in [-0.2, -0.15) is 5.26 Å². The number of ether oxygens (including phenoxy) is 1. The number of alkyl halides is 2. The monoisotopic (exact) mass is 497 g/mol. The van der Waals surface area contributed by atoms with Gasteiger partial charge >= 0.3 is 0 Å². The second kappa shape index (κ2) is 14.0. The Balaban J connectivity index is 1.87. The molecule has 0 aliphatic carbocycles. The van der Waals surface area contributed by atoms with E-state index in [9.17, 15) is 23.6 Å². The number of carbonyl (C=O) groups is 2. The quantitative estimate of drug-likeness (QED) is 0.408. The highest BCUT2D eigenvalue weighted by molar-refractivity contribution is 8.01. The van der Waals surface area contributed by atoms with Crippen LogP contribution in [0.1, 0.15) is 19.8 Å². The Hall–Kier alpha value is -2.58. The molecule has 1 fully saturated rings. The Morgan fingerprint density at radius 3 is 2.79 bits per heavy atom. The summed E-state index contributed by atoms with van der Waals surface area (Å²) in [6.45, 7) is 3.46. The zero-order valence-electron chi connectivity index (χ0n) is 19.8. The van der Waals surface area contributed by atoms with Crippen molar-refractivity contribution in [1.29, 1.82) is 5.26 Å². The van der Waals surface area contributed by atoms with Gasteiger partial charge in [-0.1, -0.05) is 6.07 Å². The molecule has 3 unspecified atom stereocenters. The summed E-state index contributed by atoms with van der Waals surface area (Å²) >= 11 is 1.42. The van der Waals surface area contributed by atoms with Crippen LogP contribution in [0.4, 0.5) is 14.5 Å². The third-order valence-corrected chi connectivity index (χ3v) is 6.81. The third-order valence-electron chi connectivity index (χ3n) is 5.29. The maximum Gasteiger partial charge on any atom is 0.255 e. The van der Waals surface area contributed by atoms with E-state index < -0.39 is 24.8 Å². The van der Waals surface area contributed by atoms with Gasteiger partial charge in [0.1, 0.15) is 18.3 Å². The number of hydrogen-bond acceptors (Lipinski definition) is 7. The molecule has 1 saturated heterocycles. The number of rotatable bonds is 14. The normalized spacial score (nSPS) is 18.8. The molecule has 1 aliphatic rings. The van der Waals surface area contributed by atoms with Gasteiger partial charge in [-0.25, -0.2) is 8.78 Å². The Bertz CT molecular complexity index is 852. The van der Waals surface area contributed by atoms with E-state index in [1.54, 1.807) is 4.90 Å². The van der Waals surface area contributed by atoms with Crippen molar-refractivity contribution >= 4 is 29.3 Å². The van der Waals surface area contributed by atoms with Crippen LogP contribution in [-0.4, -0.2) is 85.5 Å². The first-order chi connectivity index (χ1) is 16.2. The highest BCUT2D eigenvalue weighted by atomic mass is 32.2. The Labute approximate surface area is 204 Å². The van der Waals surface area contributed by atoms with E-state index in [-0.39, 0.29) is 23.0 Å². The van der Waals surface area contributed by atoms with Crippen molar-refractivity contribution in [2.24, 2.45) is 5.92 Å². The number of benzene rings is 1. The van der Waals surface area contributed by atoms with Crippen molar-refractivity contribution in [3.8, 4) is 11.8 Å². The molecule has 0 bridgehead atoms. The number of nitrogens with one attached hydrogen (secondary N) is 2. The van der Waals surface area contributed by atoms with E-state index in [1.165, 1.54) is 11.8 Å². The van der Waals surface area contributed by atoms with Gasteiger partial charge in [0.2, 0.25) is 11.8 Å². The highest BCUT2D eigenvalue weighted by Crippen LogP contribution is 2.37. The zero-order chi connectivity index (χ0) is 25.1. The van der Waals surface area contributed by atoms with Crippen LogP contribution in [0.3, 0.4) is 0 Å². The minimum atomic E-state index is -2.68. The van der Waals surface area contributed by atoms with Gasteiger partial charge in [-0.05, 0) is 39.6 Å². The highest BCUT2D eigenvalue weighted by Gasteiger charge is 2.40. The predicted octanol–water partition coefficient (Wildman–Crippen LogP) is 2.63. The van der Waals surface area contributed by atoms with E-state index in [4.69, 9.17) is 4.74 Å². The molecule has 0 saturated carbocycles. The molecule has 0 radical (unpaired) electrons. The lowest BCUT2D eigenvalue weighted by atomic mass is 10.1. The Morgan fingerprint density at radius 1 is 1.38 bits per heavy atom. The number of amides is 2. The molecule has 11 heteroatoms. The SMILES string of the molecule is CCN1C(=O)C(CCNc2cccc(OCCN(C)C)c2)SC1CC(C#N)C(=O)NCC(F)F.